The van der Waals surface area contributed by atoms with Gasteiger partial charge in [-0.2, -0.15) is 5.06 Å². The predicted molar refractivity (Wildman–Crippen MR) is 212 cm³/mol. The smallest absolute Gasteiger partial charge is 0.362 e. The zero-order valence-electron chi connectivity index (χ0n) is 31.4. The van der Waals surface area contributed by atoms with Gasteiger partial charge in [0.2, 0.25) is 0 Å². The third-order valence-corrected chi connectivity index (χ3v) is 13.9. The van der Waals surface area contributed by atoms with Gasteiger partial charge in [0.25, 0.3) is 0 Å². The van der Waals surface area contributed by atoms with Crippen LogP contribution in [-0.4, -0.2) is 48.0 Å². The lowest BCUT2D eigenvalue weighted by Gasteiger charge is -2.39. The Balaban J connectivity index is 1.18. The molecule has 5 heterocycles. The summed E-state index contributed by atoms with van der Waals surface area (Å²) in [4.78, 5) is 70.0. The lowest BCUT2D eigenvalue weighted by atomic mass is 9.77. The van der Waals surface area contributed by atoms with E-state index in [0.29, 0.717) is 22.5 Å². The molecule has 1 N–H and O–H groups in total. The van der Waals surface area contributed by atoms with Gasteiger partial charge in [0.15, 0.2) is 5.78 Å². The van der Waals surface area contributed by atoms with Crippen LogP contribution in [0.2, 0.25) is 0 Å². The van der Waals surface area contributed by atoms with Crippen molar-refractivity contribution in [3.05, 3.63) is 110 Å². The van der Waals surface area contributed by atoms with Crippen molar-refractivity contribution in [2.45, 2.75) is 70.1 Å². The number of pyridine rings is 1. The summed E-state index contributed by atoms with van der Waals surface area (Å²) in [5.41, 5.74) is 6.01. The fourth-order valence-electron chi connectivity index (χ4n) is 8.87. The van der Waals surface area contributed by atoms with Gasteiger partial charge in [0, 0.05) is 51.0 Å². The number of dihydropyridines is 1. The molecule has 56 heavy (non-hydrogen) atoms. The Morgan fingerprint density at radius 3 is 1.79 bits per heavy atom. The highest BCUT2D eigenvalue weighted by molar-refractivity contribution is 7.17. The van der Waals surface area contributed by atoms with Gasteiger partial charge in [-0.25, -0.2) is 19.4 Å². The molecule has 2 aliphatic heterocycles. The second kappa shape index (κ2) is 13.5. The summed E-state index contributed by atoms with van der Waals surface area (Å²) >= 11 is 3.04. The van der Waals surface area contributed by atoms with Crippen LogP contribution in [0.15, 0.2) is 98.4 Å². The van der Waals surface area contributed by atoms with Gasteiger partial charge in [-0.1, -0.05) is 24.3 Å². The number of aromatic nitrogens is 1. The fraction of sp³-hybridized carbons (Fsp3) is 0.386. The van der Waals surface area contributed by atoms with E-state index in [4.69, 9.17) is 14.3 Å². The van der Waals surface area contributed by atoms with Gasteiger partial charge in [-0.15, -0.1) is 22.7 Å². The van der Waals surface area contributed by atoms with Gasteiger partial charge in [-0.3, -0.25) is 4.79 Å². The average molecular weight is 788 g/mol. The van der Waals surface area contributed by atoms with Crippen LogP contribution in [-0.2, 0) is 33.5 Å². The number of hydrogen-bond acceptors (Lipinski definition) is 12. The first-order chi connectivity index (χ1) is 27.3. The summed E-state index contributed by atoms with van der Waals surface area (Å²) < 4.78 is 12.1. The van der Waals surface area contributed by atoms with Crippen molar-refractivity contribution in [3.8, 4) is 0 Å². The Hall–Kier alpha value is -5.07. The minimum absolute atomic E-state index is 0.0868. The Kier molecular flexibility index (Phi) is 8.55. The molecule has 0 amide bonds. The second-order valence-corrected chi connectivity index (χ2v) is 17.6. The Morgan fingerprint density at radius 1 is 0.661 bits per heavy atom. The van der Waals surface area contributed by atoms with Crippen LogP contribution in [0.5, 0.6) is 0 Å². The SMILES string of the molecule is COC(=O)C1=C(C2CC2)N(OC(=O)C2=C(C3CC3)NC(C3CC3)=C(C(C)=O)C2c2csc3ccccc23)C(C2CC2)=C(C(=O)OC)C1c1csc2ncccc12. The summed E-state index contributed by atoms with van der Waals surface area (Å²) in [7, 11) is 2.67. The van der Waals surface area contributed by atoms with E-state index < -0.39 is 29.7 Å². The summed E-state index contributed by atoms with van der Waals surface area (Å²) in [6.45, 7) is 1.59. The van der Waals surface area contributed by atoms with Crippen molar-refractivity contribution in [1.82, 2.24) is 15.4 Å². The number of ketones is 1. The molecular formula is C44H41N3O7S2. The Bertz CT molecular complexity index is 2460. The van der Waals surface area contributed by atoms with E-state index in [1.807, 2.05) is 29.6 Å². The maximum Gasteiger partial charge on any atom is 0.362 e. The standard InChI is InChI=1S/C44H41N3O7S2/c1-21(48)31-32(28-19-55-30-9-5-4-7-26(28)30)34(38(23-12-13-23)46-37(31)22-10-11-22)44(51)54-47-39(24-14-15-24)35(42(49)52-2)33(29-20-56-41-27(29)8-6-18-45-41)36(43(50)53-3)40(47)25-16-17-25/h4-9,18-20,22-25,32-33,46H,10-17H2,1-3H3. The molecule has 0 spiro atoms. The predicted octanol–water partition coefficient (Wildman–Crippen LogP) is 8.35. The van der Waals surface area contributed by atoms with Crippen molar-refractivity contribution in [2.24, 2.45) is 23.7 Å². The number of nitrogens with one attached hydrogen (secondary N) is 1. The van der Waals surface area contributed by atoms with Gasteiger partial charge in [-0.05, 0) is 110 Å². The van der Waals surface area contributed by atoms with E-state index in [9.17, 15) is 14.4 Å². The number of allylic oxidation sites excluding steroid dienone is 5. The maximum absolute atomic E-state index is 15.5. The zero-order valence-corrected chi connectivity index (χ0v) is 33.0. The Labute approximate surface area is 331 Å². The van der Waals surface area contributed by atoms with Crippen molar-refractivity contribution >= 4 is 66.7 Å². The number of rotatable bonds is 11. The molecule has 0 bridgehead atoms. The van der Waals surface area contributed by atoms with Crippen LogP contribution in [0.1, 0.15) is 81.3 Å². The minimum atomic E-state index is -0.829. The average Bonchev–Trinajstić information content (AvgIpc) is 4.00. The van der Waals surface area contributed by atoms with Gasteiger partial charge >= 0.3 is 17.9 Å². The summed E-state index contributed by atoms with van der Waals surface area (Å²) in [6, 6.07) is 11.9. The fourth-order valence-corrected chi connectivity index (χ4v) is 10.8. The van der Waals surface area contributed by atoms with Crippen LogP contribution in [0.4, 0.5) is 0 Å². The minimum Gasteiger partial charge on any atom is -0.466 e. The molecule has 4 aliphatic carbocycles. The second-order valence-electron chi connectivity index (χ2n) is 15.8. The first kappa shape index (κ1) is 35.4. The molecule has 286 valence electrons. The van der Waals surface area contributed by atoms with Gasteiger partial charge in [0.1, 0.15) is 4.83 Å². The molecule has 1 aromatic carbocycles. The van der Waals surface area contributed by atoms with Crippen molar-refractivity contribution in [1.29, 1.82) is 0 Å². The molecule has 3 aromatic heterocycles. The van der Waals surface area contributed by atoms with E-state index >= 15 is 4.79 Å². The number of carbonyl (C=O) groups excluding carboxylic acids is 4. The lowest BCUT2D eigenvalue weighted by Crippen LogP contribution is -2.41. The normalized spacial score (nSPS) is 21.9. The molecule has 0 radical (unpaired) electrons. The molecule has 12 heteroatoms. The number of fused-ring (bicyclic) bond motifs is 2. The number of hydrogen-bond donors (Lipinski definition) is 1. The first-order valence-corrected chi connectivity index (χ1v) is 21.3. The molecule has 0 saturated heterocycles. The number of benzene rings is 1. The molecule has 4 fully saturated rings. The van der Waals surface area contributed by atoms with E-state index in [1.54, 1.807) is 24.5 Å². The quantitative estimate of drug-likeness (QED) is 0.148. The largest absolute Gasteiger partial charge is 0.466 e. The van der Waals surface area contributed by atoms with Gasteiger partial charge in [0.05, 0.1) is 48.3 Å². The summed E-state index contributed by atoms with van der Waals surface area (Å²) in [5, 5.41) is 11.0. The lowest BCUT2D eigenvalue weighted by molar-refractivity contribution is -0.173. The van der Waals surface area contributed by atoms with Gasteiger partial charge < -0.3 is 19.6 Å². The van der Waals surface area contributed by atoms with E-state index in [0.717, 1.165) is 94.2 Å². The molecule has 10 nitrogen and oxygen atoms in total. The van der Waals surface area contributed by atoms with Crippen molar-refractivity contribution in [3.63, 3.8) is 0 Å². The van der Waals surface area contributed by atoms with E-state index in [-0.39, 0.29) is 40.6 Å². The monoisotopic (exact) mass is 787 g/mol. The third kappa shape index (κ3) is 5.82. The number of methoxy groups -OCH3 is 2. The molecule has 4 saturated carbocycles. The van der Waals surface area contributed by atoms with Crippen LogP contribution in [0.25, 0.3) is 20.3 Å². The molecule has 4 aromatic rings. The molecule has 1 unspecified atom stereocenters. The number of Topliss-reactive ketones (excluding diaryl/α,β-unsaturated/α-hetero) is 1. The Morgan fingerprint density at radius 2 is 1.20 bits per heavy atom. The number of esters is 2. The number of carbonyl (C=O) groups is 4. The number of thiophene rings is 2. The number of hydroxylamine groups is 2. The molecule has 10 rings (SSSR count). The van der Waals surface area contributed by atoms with Crippen molar-refractivity contribution in [2.75, 3.05) is 14.2 Å². The van der Waals surface area contributed by atoms with Crippen LogP contribution < -0.4 is 5.32 Å². The van der Waals surface area contributed by atoms with E-state index in [1.165, 1.54) is 30.6 Å². The first-order valence-electron chi connectivity index (χ1n) is 19.5. The summed E-state index contributed by atoms with van der Waals surface area (Å²) in [5.74, 6) is -3.26. The third-order valence-electron chi connectivity index (χ3n) is 12.0. The number of ether oxygens (including phenoxy) is 2. The maximum atomic E-state index is 15.5. The van der Waals surface area contributed by atoms with E-state index in [2.05, 4.69) is 27.8 Å². The molecule has 1 atom stereocenters. The highest BCUT2D eigenvalue weighted by Crippen LogP contribution is 2.57. The molecular weight excluding hydrogens is 747 g/mol. The zero-order chi connectivity index (χ0) is 38.4. The highest BCUT2D eigenvalue weighted by Gasteiger charge is 2.53. The highest BCUT2D eigenvalue weighted by atomic mass is 32.1. The topological polar surface area (TPSA) is 124 Å². The number of nitrogens with zero attached hydrogens (tertiary/aromatic N) is 2. The van der Waals surface area contributed by atoms with Crippen LogP contribution in [0, 0.1) is 23.7 Å². The molecule has 6 aliphatic rings. The summed E-state index contributed by atoms with van der Waals surface area (Å²) in [6.07, 6.45) is 8.62. The van der Waals surface area contributed by atoms with Crippen LogP contribution in [0.3, 0.4) is 0 Å². The van der Waals surface area contributed by atoms with Crippen molar-refractivity contribution < 1.29 is 33.5 Å². The van der Waals surface area contributed by atoms with Crippen LogP contribution >= 0.6 is 22.7 Å².